The summed E-state index contributed by atoms with van der Waals surface area (Å²) in [6, 6.07) is 2.68. The molecule has 2 rings (SSSR count). The fourth-order valence-corrected chi connectivity index (χ4v) is 1.99. The van der Waals surface area contributed by atoms with Gasteiger partial charge in [-0.3, -0.25) is 4.98 Å². The maximum absolute atomic E-state index is 12.0. The molecule has 0 bridgehead atoms. The van der Waals surface area contributed by atoms with E-state index in [2.05, 4.69) is 14.7 Å². The monoisotopic (exact) mass is 286 g/mol. The third kappa shape index (κ3) is 4.06. The second kappa shape index (κ2) is 5.40. The number of nitrogens with zero attached hydrogens (tertiary/aromatic N) is 2. The summed E-state index contributed by atoms with van der Waals surface area (Å²) in [6.45, 7) is 1.86. The molecule has 0 aliphatic carbocycles. The molecule has 3 nitrogen and oxygen atoms in total. The van der Waals surface area contributed by atoms with Crippen LogP contribution in [-0.4, -0.2) is 16.3 Å². The van der Waals surface area contributed by atoms with Crippen molar-refractivity contribution in [2.75, 3.05) is 0 Å². The Labute approximate surface area is 111 Å². The van der Waals surface area contributed by atoms with Crippen LogP contribution in [0.4, 0.5) is 13.2 Å². The zero-order valence-electron chi connectivity index (χ0n) is 9.81. The van der Waals surface area contributed by atoms with Crippen LogP contribution in [0.15, 0.2) is 29.2 Å². The first-order valence-electron chi connectivity index (χ1n) is 5.23. The first-order chi connectivity index (χ1) is 8.94. The van der Waals surface area contributed by atoms with Gasteiger partial charge in [0.15, 0.2) is 0 Å². The Morgan fingerprint density at radius 2 is 2.11 bits per heavy atom. The van der Waals surface area contributed by atoms with Gasteiger partial charge in [0.1, 0.15) is 5.75 Å². The minimum atomic E-state index is -4.70. The summed E-state index contributed by atoms with van der Waals surface area (Å²) < 4.78 is 39.6. The first-order valence-corrected chi connectivity index (χ1v) is 6.17. The molecule has 0 fully saturated rings. The van der Waals surface area contributed by atoms with E-state index in [0.717, 1.165) is 17.5 Å². The van der Waals surface area contributed by atoms with Gasteiger partial charge in [0.25, 0.3) is 0 Å². The summed E-state index contributed by atoms with van der Waals surface area (Å²) in [7, 11) is 0. The number of hydrogen-bond donors (Lipinski definition) is 0. The topological polar surface area (TPSA) is 35.0 Å². The molecule has 0 atom stereocenters. The van der Waals surface area contributed by atoms with Gasteiger partial charge in [0.2, 0.25) is 0 Å². The van der Waals surface area contributed by atoms with Gasteiger partial charge in [-0.05, 0) is 30.7 Å². The van der Waals surface area contributed by atoms with Crippen molar-refractivity contribution >= 4 is 23.0 Å². The minimum absolute atomic E-state index is 0.337. The highest BCUT2D eigenvalue weighted by molar-refractivity contribution is 7.07. The van der Waals surface area contributed by atoms with E-state index >= 15 is 0 Å². The summed E-state index contributed by atoms with van der Waals surface area (Å²) in [5.41, 5.74) is 3.96. The fourth-order valence-electron chi connectivity index (χ4n) is 1.37. The molecule has 19 heavy (non-hydrogen) atoms. The lowest BCUT2D eigenvalue weighted by molar-refractivity contribution is -0.274. The molecule has 0 unspecified atom stereocenters. The summed E-state index contributed by atoms with van der Waals surface area (Å²) in [4.78, 5) is 8.01. The van der Waals surface area contributed by atoms with Crippen LogP contribution >= 0.6 is 11.3 Å². The molecule has 0 aromatic carbocycles. The molecule has 100 valence electrons. The van der Waals surface area contributed by atoms with Crippen molar-refractivity contribution in [3.63, 3.8) is 0 Å². The molecule has 7 heteroatoms. The highest BCUT2D eigenvalue weighted by atomic mass is 32.1. The van der Waals surface area contributed by atoms with Crippen LogP contribution in [0, 0.1) is 0 Å². The van der Waals surface area contributed by atoms with Gasteiger partial charge in [-0.25, -0.2) is 4.98 Å². The Kier molecular flexibility index (Phi) is 3.84. The summed E-state index contributed by atoms with van der Waals surface area (Å²) in [6.07, 6.45) is -1.92. The van der Waals surface area contributed by atoms with E-state index in [9.17, 15) is 13.2 Å². The molecular weight excluding hydrogens is 277 g/mol. The zero-order chi connectivity index (χ0) is 13.9. The predicted octanol–water partition coefficient (Wildman–Crippen LogP) is 4.00. The third-order valence-electron chi connectivity index (χ3n) is 2.19. The van der Waals surface area contributed by atoms with E-state index in [-0.39, 0.29) is 5.75 Å². The van der Waals surface area contributed by atoms with Crippen molar-refractivity contribution < 1.29 is 17.9 Å². The lowest BCUT2D eigenvalue weighted by Gasteiger charge is -2.08. The van der Waals surface area contributed by atoms with Crippen LogP contribution in [0.5, 0.6) is 5.75 Å². The molecule has 2 heterocycles. The van der Waals surface area contributed by atoms with E-state index in [1.807, 2.05) is 12.3 Å². The first kappa shape index (κ1) is 13.5. The number of hydrogen-bond acceptors (Lipinski definition) is 4. The Balaban J connectivity index is 2.13. The number of allylic oxidation sites excluding steroid dienone is 1. The standard InChI is InChI=1S/C12H9F3N2OS/c1-8(11-6-19-7-17-11)4-9-2-3-10(5-16-9)18-12(13,14)15/h2-7H,1H3/b8-4+. The van der Waals surface area contributed by atoms with Crippen LogP contribution in [0.1, 0.15) is 18.3 Å². The number of rotatable bonds is 3. The van der Waals surface area contributed by atoms with Gasteiger partial charge < -0.3 is 4.74 Å². The second-order valence-electron chi connectivity index (χ2n) is 3.67. The van der Waals surface area contributed by atoms with E-state index in [4.69, 9.17) is 0 Å². The van der Waals surface area contributed by atoms with Crippen LogP contribution in [-0.2, 0) is 0 Å². The lowest BCUT2D eigenvalue weighted by Crippen LogP contribution is -2.17. The average Bonchev–Trinajstić information content (AvgIpc) is 2.83. The zero-order valence-corrected chi connectivity index (χ0v) is 10.6. The Bertz CT molecular complexity index is 562. The van der Waals surface area contributed by atoms with Gasteiger partial charge in [-0.1, -0.05) is 0 Å². The predicted molar refractivity (Wildman–Crippen MR) is 66.6 cm³/mol. The molecule has 0 spiro atoms. The number of aromatic nitrogens is 2. The SMILES string of the molecule is C/C(=C\c1ccc(OC(F)(F)F)cn1)c1cscn1. The highest BCUT2D eigenvalue weighted by Gasteiger charge is 2.31. The van der Waals surface area contributed by atoms with Gasteiger partial charge in [-0.15, -0.1) is 24.5 Å². The summed E-state index contributed by atoms with van der Waals surface area (Å²) >= 11 is 1.47. The van der Waals surface area contributed by atoms with E-state index < -0.39 is 6.36 Å². The molecule has 0 N–H and O–H groups in total. The van der Waals surface area contributed by atoms with Crippen molar-refractivity contribution in [3.8, 4) is 5.75 Å². The molecule has 0 aliphatic rings. The third-order valence-corrected chi connectivity index (χ3v) is 2.78. The average molecular weight is 286 g/mol. The van der Waals surface area contributed by atoms with E-state index in [1.165, 1.54) is 23.5 Å². The lowest BCUT2D eigenvalue weighted by atomic mass is 10.2. The van der Waals surface area contributed by atoms with Crippen molar-refractivity contribution in [2.45, 2.75) is 13.3 Å². The largest absolute Gasteiger partial charge is 0.573 e. The van der Waals surface area contributed by atoms with Crippen LogP contribution in [0.2, 0.25) is 0 Å². The van der Waals surface area contributed by atoms with Crippen molar-refractivity contribution in [3.05, 3.63) is 40.6 Å². The Morgan fingerprint density at radius 3 is 2.63 bits per heavy atom. The van der Waals surface area contributed by atoms with Crippen molar-refractivity contribution in [1.82, 2.24) is 9.97 Å². The van der Waals surface area contributed by atoms with E-state index in [0.29, 0.717) is 5.69 Å². The molecule has 0 aliphatic heterocycles. The van der Waals surface area contributed by atoms with Crippen LogP contribution in [0.3, 0.4) is 0 Å². The number of ether oxygens (including phenoxy) is 1. The number of alkyl halides is 3. The Morgan fingerprint density at radius 1 is 1.32 bits per heavy atom. The molecular formula is C12H9F3N2OS. The maximum atomic E-state index is 12.0. The molecule has 0 radical (unpaired) electrons. The van der Waals surface area contributed by atoms with Crippen LogP contribution < -0.4 is 4.74 Å². The normalized spacial score (nSPS) is 12.5. The number of pyridine rings is 1. The second-order valence-corrected chi connectivity index (χ2v) is 4.39. The van der Waals surface area contributed by atoms with Crippen LogP contribution in [0.25, 0.3) is 11.6 Å². The molecule has 0 amide bonds. The quantitative estimate of drug-likeness (QED) is 0.855. The smallest absolute Gasteiger partial charge is 0.404 e. The fraction of sp³-hybridized carbons (Fsp3) is 0.167. The molecule has 2 aromatic rings. The summed E-state index contributed by atoms with van der Waals surface area (Å²) in [5.74, 6) is -0.337. The van der Waals surface area contributed by atoms with Crippen molar-refractivity contribution in [2.24, 2.45) is 0 Å². The van der Waals surface area contributed by atoms with Gasteiger partial charge in [0.05, 0.1) is 23.1 Å². The number of halogens is 3. The highest BCUT2D eigenvalue weighted by Crippen LogP contribution is 2.23. The van der Waals surface area contributed by atoms with Gasteiger partial charge in [0, 0.05) is 5.38 Å². The summed E-state index contributed by atoms with van der Waals surface area (Å²) in [5, 5.41) is 1.88. The van der Waals surface area contributed by atoms with E-state index in [1.54, 1.807) is 11.6 Å². The number of thiazole rings is 1. The maximum Gasteiger partial charge on any atom is 0.573 e. The molecule has 0 saturated carbocycles. The van der Waals surface area contributed by atoms with Gasteiger partial charge in [-0.2, -0.15) is 0 Å². The molecule has 2 aromatic heterocycles. The minimum Gasteiger partial charge on any atom is -0.404 e. The van der Waals surface area contributed by atoms with Gasteiger partial charge >= 0.3 is 6.36 Å². The Hall–Kier alpha value is -1.89. The van der Waals surface area contributed by atoms with Crippen molar-refractivity contribution in [1.29, 1.82) is 0 Å². The molecule has 0 saturated heterocycles.